The van der Waals surface area contributed by atoms with Gasteiger partial charge in [-0.05, 0) is 36.0 Å². The van der Waals surface area contributed by atoms with Crippen molar-refractivity contribution in [2.75, 3.05) is 7.05 Å². The number of benzene rings is 1. The molecule has 2 aliphatic rings. The molecule has 1 heterocycles. The topological polar surface area (TPSA) is 37.4 Å². The highest BCUT2D eigenvalue weighted by Gasteiger charge is 2.30. The van der Waals surface area contributed by atoms with E-state index in [2.05, 4.69) is 22.0 Å². The summed E-state index contributed by atoms with van der Waals surface area (Å²) in [6, 6.07) is 5.97. The lowest BCUT2D eigenvalue weighted by atomic mass is 9.92. The van der Waals surface area contributed by atoms with Crippen LogP contribution in [0.5, 0.6) is 0 Å². The number of imide groups is 1. The quantitative estimate of drug-likeness (QED) is 0.613. The number of nitrogens with zero attached hydrogens (tertiary/aromatic N) is 1. The standard InChI is InChI=1S/C16H18BrNO2/c1-18-14(19)9-11-6-7-12(8-13(11)16(18)20)15(17)10-4-2-3-5-10/h6-8,10,15H,2-5,9H2,1H3. The van der Waals surface area contributed by atoms with Gasteiger partial charge in [0, 0.05) is 17.4 Å². The Kier molecular flexibility index (Phi) is 3.67. The Bertz CT molecular complexity index is 564. The van der Waals surface area contributed by atoms with Crippen LogP contribution in [-0.2, 0) is 11.2 Å². The molecule has 3 rings (SSSR count). The van der Waals surface area contributed by atoms with Gasteiger partial charge in [-0.25, -0.2) is 0 Å². The highest BCUT2D eigenvalue weighted by atomic mass is 79.9. The van der Waals surface area contributed by atoms with Crippen LogP contribution >= 0.6 is 15.9 Å². The van der Waals surface area contributed by atoms with Gasteiger partial charge in [0.05, 0.1) is 6.42 Å². The van der Waals surface area contributed by atoms with E-state index >= 15 is 0 Å². The zero-order valence-corrected chi connectivity index (χ0v) is 13.1. The molecule has 2 amide bonds. The fraction of sp³-hybridized carbons (Fsp3) is 0.500. The molecule has 0 aromatic heterocycles. The first-order valence-corrected chi connectivity index (χ1v) is 8.07. The Balaban J connectivity index is 1.92. The maximum Gasteiger partial charge on any atom is 0.260 e. The van der Waals surface area contributed by atoms with Gasteiger partial charge < -0.3 is 0 Å². The zero-order chi connectivity index (χ0) is 14.3. The van der Waals surface area contributed by atoms with Crippen molar-refractivity contribution in [2.24, 2.45) is 5.92 Å². The number of hydrogen-bond acceptors (Lipinski definition) is 2. The number of rotatable bonds is 2. The average molecular weight is 336 g/mol. The van der Waals surface area contributed by atoms with Crippen molar-refractivity contribution in [2.45, 2.75) is 36.9 Å². The van der Waals surface area contributed by atoms with Gasteiger partial charge in [0.1, 0.15) is 0 Å². The SMILES string of the molecule is CN1C(=O)Cc2ccc(C(Br)C3CCCC3)cc2C1=O. The van der Waals surface area contributed by atoms with Crippen LogP contribution in [0.25, 0.3) is 0 Å². The van der Waals surface area contributed by atoms with Crippen LogP contribution in [0.1, 0.15) is 52.0 Å². The Labute approximate surface area is 127 Å². The number of likely N-dealkylation sites (N-methyl/N-ethyl adjacent to an activating group) is 1. The monoisotopic (exact) mass is 335 g/mol. The normalized spacial score (nSPS) is 21.2. The van der Waals surface area contributed by atoms with E-state index in [0.717, 1.165) is 11.1 Å². The predicted molar refractivity (Wildman–Crippen MR) is 80.9 cm³/mol. The number of alkyl halides is 1. The van der Waals surface area contributed by atoms with Gasteiger partial charge in [-0.3, -0.25) is 14.5 Å². The summed E-state index contributed by atoms with van der Waals surface area (Å²) in [7, 11) is 1.56. The molecule has 4 heteroatoms. The molecule has 1 unspecified atom stereocenters. The predicted octanol–water partition coefficient (Wildman–Crippen LogP) is 3.47. The molecule has 0 radical (unpaired) electrons. The molecule has 1 aliphatic heterocycles. The fourth-order valence-corrected chi connectivity index (χ4v) is 4.03. The number of halogens is 1. The van der Waals surface area contributed by atoms with E-state index in [1.165, 1.54) is 30.6 Å². The molecule has 0 bridgehead atoms. The maximum atomic E-state index is 12.2. The third-order valence-corrected chi connectivity index (χ3v) is 5.79. The van der Waals surface area contributed by atoms with Crippen LogP contribution in [0.2, 0.25) is 0 Å². The van der Waals surface area contributed by atoms with Crippen LogP contribution in [0.4, 0.5) is 0 Å². The van der Waals surface area contributed by atoms with E-state index in [1.807, 2.05) is 12.1 Å². The summed E-state index contributed by atoms with van der Waals surface area (Å²) in [4.78, 5) is 25.4. The first-order chi connectivity index (χ1) is 9.58. The minimum absolute atomic E-state index is 0.124. The van der Waals surface area contributed by atoms with Gasteiger partial charge in [-0.2, -0.15) is 0 Å². The van der Waals surface area contributed by atoms with Gasteiger partial charge in [-0.1, -0.05) is 40.9 Å². The van der Waals surface area contributed by atoms with E-state index in [9.17, 15) is 9.59 Å². The van der Waals surface area contributed by atoms with Crippen molar-refractivity contribution in [3.8, 4) is 0 Å². The Morgan fingerprint density at radius 2 is 1.95 bits per heavy atom. The van der Waals surface area contributed by atoms with Crippen LogP contribution in [0.15, 0.2) is 18.2 Å². The van der Waals surface area contributed by atoms with Crippen molar-refractivity contribution in [3.05, 3.63) is 34.9 Å². The molecule has 20 heavy (non-hydrogen) atoms. The smallest absolute Gasteiger partial charge is 0.260 e. The third-order valence-electron chi connectivity index (χ3n) is 4.52. The van der Waals surface area contributed by atoms with E-state index in [4.69, 9.17) is 0 Å². The molecule has 1 aliphatic carbocycles. The maximum absolute atomic E-state index is 12.2. The summed E-state index contributed by atoms with van der Waals surface area (Å²) < 4.78 is 0. The molecule has 0 spiro atoms. The van der Waals surface area contributed by atoms with E-state index in [1.54, 1.807) is 7.05 Å². The molecule has 1 saturated carbocycles. The number of hydrogen-bond donors (Lipinski definition) is 0. The van der Waals surface area contributed by atoms with Crippen molar-refractivity contribution >= 4 is 27.7 Å². The summed E-state index contributed by atoms with van der Waals surface area (Å²) in [6.07, 6.45) is 5.43. The molecule has 0 N–H and O–H groups in total. The lowest BCUT2D eigenvalue weighted by molar-refractivity contribution is -0.127. The molecule has 1 atom stereocenters. The summed E-state index contributed by atoms with van der Waals surface area (Å²) in [5, 5.41) is 0. The number of amides is 2. The highest BCUT2D eigenvalue weighted by Crippen LogP contribution is 2.41. The minimum Gasteiger partial charge on any atom is -0.281 e. The van der Waals surface area contributed by atoms with E-state index in [0.29, 0.717) is 22.7 Å². The van der Waals surface area contributed by atoms with Gasteiger partial charge in [0.15, 0.2) is 0 Å². The third kappa shape index (κ3) is 2.30. The second kappa shape index (κ2) is 5.32. The second-order valence-corrected chi connectivity index (χ2v) is 6.78. The van der Waals surface area contributed by atoms with Crippen LogP contribution in [-0.4, -0.2) is 23.8 Å². The summed E-state index contributed by atoms with van der Waals surface area (Å²) in [5.41, 5.74) is 2.70. The van der Waals surface area contributed by atoms with Crippen molar-refractivity contribution in [1.82, 2.24) is 4.90 Å². The minimum atomic E-state index is -0.177. The zero-order valence-electron chi connectivity index (χ0n) is 11.6. The second-order valence-electron chi connectivity index (χ2n) is 5.80. The molecule has 106 valence electrons. The lowest BCUT2D eigenvalue weighted by Gasteiger charge is -2.25. The Morgan fingerprint density at radius 3 is 2.65 bits per heavy atom. The number of carbonyl (C=O) groups is 2. The molecule has 0 saturated heterocycles. The van der Waals surface area contributed by atoms with E-state index < -0.39 is 0 Å². The van der Waals surface area contributed by atoms with Crippen LogP contribution < -0.4 is 0 Å². The van der Waals surface area contributed by atoms with Crippen molar-refractivity contribution < 1.29 is 9.59 Å². The molecule has 1 aromatic rings. The molecule has 1 aromatic carbocycles. The summed E-state index contributed by atoms with van der Waals surface area (Å²) in [5.74, 6) is 0.358. The molecule has 3 nitrogen and oxygen atoms in total. The number of carbonyl (C=O) groups excluding carboxylic acids is 2. The Hall–Kier alpha value is -1.16. The number of fused-ring (bicyclic) bond motifs is 1. The summed E-state index contributed by atoms with van der Waals surface area (Å²) in [6.45, 7) is 0. The largest absolute Gasteiger partial charge is 0.281 e. The van der Waals surface area contributed by atoms with Crippen molar-refractivity contribution in [3.63, 3.8) is 0 Å². The highest BCUT2D eigenvalue weighted by molar-refractivity contribution is 9.09. The molecular formula is C16H18BrNO2. The average Bonchev–Trinajstić information content (AvgIpc) is 2.98. The van der Waals surface area contributed by atoms with Gasteiger partial charge in [-0.15, -0.1) is 0 Å². The van der Waals surface area contributed by atoms with Gasteiger partial charge in [0.25, 0.3) is 5.91 Å². The van der Waals surface area contributed by atoms with Crippen LogP contribution in [0, 0.1) is 5.92 Å². The fourth-order valence-electron chi connectivity index (χ4n) is 3.22. The van der Waals surface area contributed by atoms with E-state index in [-0.39, 0.29) is 11.8 Å². The first-order valence-electron chi connectivity index (χ1n) is 7.15. The Morgan fingerprint density at radius 1 is 1.25 bits per heavy atom. The molecular weight excluding hydrogens is 318 g/mol. The lowest BCUT2D eigenvalue weighted by Crippen LogP contribution is -2.39. The van der Waals surface area contributed by atoms with Crippen LogP contribution in [0.3, 0.4) is 0 Å². The summed E-state index contributed by atoms with van der Waals surface area (Å²) >= 11 is 3.80. The van der Waals surface area contributed by atoms with Gasteiger partial charge in [0.2, 0.25) is 5.91 Å². The van der Waals surface area contributed by atoms with Crippen molar-refractivity contribution in [1.29, 1.82) is 0 Å². The molecule has 1 fully saturated rings. The first kappa shape index (κ1) is 13.8. The van der Waals surface area contributed by atoms with Gasteiger partial charge >= 0.3 is 0 Å².